The Kier molecular flexibility index (Phi) is 10.3. The van der Waals surface area contributed by atoms with Crippen LogP contribution in [-0.4, -0.2) is 21.6 Å². The number of carboxylic acid groups (broad SMARTS) is 1. The van der Waals surface area contributed by atoms with Crippen molar-refractivity contribution in [3.05, 3.63) is 142 Å². The Labute approximate surface area is 267 Å². The molecule has 1 N–H and O–H groups in total. The number of carbonyl (C=O) groups is 2. The minimum Gasteiger partial charge on any atom is -0.481 e. The van der Waals surface area contributed by atoms with E-state index in [9.17, 15) is 9.59 Å². The lowest BCUT2D eigenvalue weighted by Gasteiger charge is -2.20. The van der Waals surface area contributed by atoms with Gasteiger partial charge in [0.15, 0.2) is 0 Å². The zero-order valence-electron chi connectivity index (χ0n) is 27.0. The molecule has 4 heteroatoms. The molecule has 232 valence electrons. The first-order chi connectivity index (χ1) is 21.7. The van der Waals surface area contributed by atoms with Crippen molar-refractivity contribution in [2.24, 2.45) is 11.8 Å². The van der Waals surface area contributed by atoms with Crippen LogP contribution in [0.2, 0.25) is 0 Å². The van der Waals surface area contributed by atoms with Gasteiger partial charge in [-0.1, -0.05) is 107 Å². The predicted molar refractivity (Wildman–Crippen MR) is 184 cm³/mol. The van der Waals surface area contributed by atoms with Crippen LogP contribution in [0.15, 0.2) is 103 Å². The second-order valence-corrected chi connectivity index (χ2v) is 13.2. The summed E-state index contributed by atoms with van der Waals surface area (Å²) in [5, 5.41) is 10.1. The van der Waals surface area contributed by atoms with Gasteiger partial charge >= 0.3 is 5.97 Å². The molecule has 0 aliphatic heterocycles. The van der Waals surface area contributed by atoms with Crippen LogP contribution in [0, 0.1) is 11.8 Å². The van der Waals surface area contributed by atoms with Gasteiger partial charge in [-0.2, -0.15) is 0 Å². The van der Waals surface area contributed by atoms with Gasteiger partial charge in [0.1, 0.15) is 0 Å². The molecule has 0 aliphatic rings. The first-order valence-corrected chi connectivity index (χ1v) is 16.3. The Balaban J connectivity index is 1.44. The van der Waals surface area contributed by atoms with E-state index in [4.69, 9.17) is 5.11 Å². The van der Waals surface area contributed by atoms with Gasteiger partial charge in [-0.05, 0) is 95.5 Å². The van der Waals surface area contributed by atoms with Crippen molar-refractivity contribution in [2.45, 2.75) is 72.1 Å². The first-order valence-electron chi connectivity index (χ1n) is 16.3. The Morgan fingerprint density at radius 3 is 1.87 bits per heavy atom. The highest BCUT2D eigenvalue weighted by Crippen LogP contribution is 2.31. The van der Waals surface area contributed by atoms with Crippen molar-refractivity contribution in [2.75, 3.05) is 0 Å². The van der Waals surface area contributed by atoms with Gasteiger partial charge in [-0.15, -0.1) is 0 Å². The molecular formula is C41H45NO3. The number of para-hydroxylation sites is 1. The molecule has 4 aromatic carbocycles. The summed E-state index contributed by atoms with van der Waals surface area (Å²) in [5.41, 5.74) is 8.86. The third-order valence-corrected chi connectivity index (χ3v) is 8.52. The Hall–Kier alpha value is -4.44. The summed E-state index contributed by atoms with van der Waals surface area (Å²) in [6.07, 6.45) is 6.05. The lowest BCUT2D eigenvalue weighted by molar-refractivity contribution is -0.137. The molecular weight excluding hydrogens is 554 g/mol. The molecule has 0 bridgehead atoms. The fourth-order valence-electron chi connectivity index (χ4n) is 6.40. The number of aryl methyl sites for hydroxylation is 1. The number of carbonyl (C=O) groups excluding carboxylic acids is 1. The third-order valence-electron chi connectivity index (χ3n) is 8.52. The second kappa shape index (κ2) is 14.6. The summed E-state index contributed by atoms with van der Waals surface area (Å²) in [6.45, 7) is 9.00. The molecule has 45 heavy (non-hydrogen) atoms. The zero-order valence-corrected chi connectivity index (χ0v) is 27.0. The van der Waals surface area contributed by atoms with Crippen LogP contribution in [0.4, 0.5) is 0 Å². The highest BCUT2D eigenvalue weighted by molar-refractivity contribution is 6.03. The van der Waals surface area contributed by atoms with E-state index in [2.05, 4.69) is 82.3 Å². The topological polar surface area (TPSA) is 59.3 Å². The third kappa shape index (κ3) is 8.19. The van der Waals surface area contributed by atoms with Gasteiger partial charge in [-0.25, -0.2) is 0 Å². The van der Waals surface area contributed by atoms with Crippen LogP contribution in [-0.2, 0) is 30.5 Å². The fourth-order valence-corrected chi connectivity index (χ4v) is 6.40. The van der Waals surface area contributed by atoms with Gasteiger partial charge in [0.2, 0.25) is 0 Å². The number of aromatic nitrogens is 1. The summed E-state index contributed by atoms with van der Waals surface area (Å²) in [4.78, 5) is 25.0. The number of carboxylic acids is 1. The molecule has 0 atom stereocenters. The van der Waals surface area contributed by atoms with Crippen LogP contribution in [0.1, 0.15) is 90.2 Å². The average Bonchev–Trinajstić information content (AvgIpc) is 3.38. The minimum atomic E-state index is -0.803. The molecule has 1 heterocycles. The van der Waals surface area contributed by atoms with Crippen molar-refractivity contribution < 1.29 is 14.7 Å². The molecule has 0 saturated carbocycles. The highest BCUT2D eigenvalue weighted by atomic mass is 16.4. The van der Waals surface area contributed by atoms with Gasteiger partial charge in [0, 0.05) is 29.5 Å². The van der Waals surface area contributed by atoms with E-state index < -0.39 is 5.97 Å². The van der Waals surface area contributed by atoms with E-state index >= 15 is 0 Å². The van der Waals surface area contributed by atoms with E-state index in [1.165, 1.54) is 22.3 Å². The lowest BCUT2D eigenvalue weighted by Crippen LogP contribution is -2.12. The standard InChI is InChI=1S/C41H45NO3/c1-28(2)23-30-15-19-33(20-16-30)38(34-21-17-31(18-22-34)24-29(3)4)26-32-9-7-10-35(25-32)41(45)42-27-36(11-8-14-40(43)44)37-12-5-6-13-39(37)42/h5-7,9-10,12-13,15-22,25,27-29,38H,8,11,14,23-24,26H2,1-4H3,(H,43,44). The number of hydrogen-bond acceptors (Lipinski definition) is 2. The molecule has 0 spiro atoms. The van der Waals surface area contributed by atoms with E-state index in [1.807, 2.05) is 48.7 Å². The second-order valence-electron chi connectivity index (χ2n) is 13.2. The van der Waals surface area contributed by atoms with E-state index in [0.717, 1.165) is 41.3 Å². The molecule has 0 radical (unpaired) electrons. The Morgan fingerprint density at radius 2 is 1.29 bits per heavy atom. The maximum Gasteiger partial charge on any atom is 0.303 e. The van der Waals surface area contributed by atoms with E-state index in [-0.39, 0.29) is 18.2 Å². The number of benzene rings is 4. The molecule has 0 saturated heterocycles. The monoisotopic (exact) mass is 599 g/mol. The van der Waals surface area contributed by atoms with Crippen LogP contribution >= 0.6 is 0 Å². The summed E-state index contributed by atoms with van der Waals surface area (Å²) in [7, 11) is 0. The Morgan fingerprint density at radius 1 is 0.689 bits per heavy atom. The Bertz CT molecular complexity index is 1690. The fraction of sp³-hybridized carbons (Fsp3) is 0.317. The maximum atomic E-state index is 14.0. The smallest absolute Gasteiger partial charge is 0.303 e. The zero-order chi connectivity index (χ0) is 31.9. The van der Waals surface area contributed by atoms with Crippen LogP contribution in [0.5, 0.6) is 0 Å². The molecule has 0 amide bonds. The van der Waals surface area contributed by atoms with Crippen LogP contribution in [0.25, 0.3) is 10.9 Å². The number of nitrogens with zero attached hydrogens (tertiary/aromatic N) is 1. The lowest BCUT2D eigenvalue weighted by atomic mass is 9.84. The number of aliphatic carboxylic acids is 1. The summed E-state index contributed by atoms with van der Waals surface area (Å²) >= 11 is 0. The summed E-state index contributed by atoms with van der Waals surface area (Å²) in [6, 6.07) is 34.1. The molecule has 4 nitrogen and oxygen atoms in total. The maximum absolute atomic E-state index is 14.0. The summed E-state index contributed by atoms with van der Waals surface area (Å²) < 4.78 is 1.73. The molecule has 0 aliphatic carbocycles. The average molecular weight is 600 g/mol. The van der Waals surface area contributed by atoms with E-state index in [1.54, 1.807) is 4.57 Å². The highest BCUT2D eigenvalue weighted by Gasteiger charge is 2.19. The molecule has 5 aromatic rings. The molecule has 1 aromatic heterocycles. The largest absolute Gasteiger partial charge is 0.481 e. The minimum absolute atomic E-state index is 0.0786. The van der Waals surface area contributed by atoms with Crippen molar-refractivity contribution in [1.29, 1.82) is 0 Å². The van der Waals surface area contributed by atoms with Crippen molar-refractivity contribution in [3.63, 3.8) is 0 Å². The van der Waals surface area contributed by atoms with Gasteiger partial charge in [0.05, 0.1) is 5.52 Å². The molecule has 5 rings (SSSR count). The molecule has 0 fully saturated rings. The van der Waals surface area contributed by atoms with Crippen LogP contribution < -0.4 is 0 Å². The SMILES string of the molecule is CC(C)Cc1ccc(C(Cc2cccc(C(=O)n3cc(CCCC(=O)O)c4ccccc43)c2)c2ccc(CC(C)C)cc2)cc1. The van der Waals surface area contributed by atoms with E-state index in [0.29, 0.717) is 30.2 Å². The van der Waals surface area contributed by atoms with Gasteiger partial charge in [-0.3, -0.25) is 14.2 Å². The van der Waals surface area contributed by atoms with Crippen LogP contribution in [0.3, 0.4) is 0 Å². The normalized spacial score (nSPS) is 11.6. The van der Waals surface area contributed by atoms with Crippen molar-refractivity contribution >= 4 is 22.8 Å². The molecule has 0 unspecified atom stereocenters. The predicted octanol–water partition coefficient (Wildman–Crippen LogP) is 9.51. The quantitative estimate of drug-likeness (QED) is 0.147. The van der Waals surface area contributed by atoms with Crippen molar-refractivity contribution in [3.8, 4) is 0 Å². The van der Waals surface area contributed by atoms with Crippen molar-refractivity contribution in [1.82, 2.24) is 4.57 Å². The van der Waals surface area contributed by atoms with Gasteiger partial charge < -0.3 is 5.11 Å². The first kappa shape index (κ1) is 32.0. The number of hydrogen-bond donors (Lipinski definition) is 1. The summed E-state index contributed by atoms with van der Waals surface area (Å²) in [5.74, 6) is 0.496. The van der Waals surface area contributed by atoms with Gasteiger partial charge in [0.25, 0.3) is 5.91 Å². The number of rotatable bonds is 13. The number of fused-ring (bicyclic) bond motifs is 1.